The Hall–Kier alpha value is -3.05. The van der Waals surface area contributed by atoms with Crippen LogP contribution in [0.2, 0.25) is 5.02 Å². The molecular weight excluding hydrogens is 606 g/mol. The fraction of sp³-hybridized carbons (Fsp3) is 0.519. The largest absolute Gasteiger partial charge is 0.439 e. The zero-order chi connectivity index (χ0) is 30.9. The highest BCUT2D eigenvalue weighted by molar-refractivity contribution is 7.89. The highest BCUT2D eigenvalue weighted by Crippen LogP contribution is 2.62. The van der Waals surface area contributed by atoms with E-state index in [1.807, 2.05) is 4.72 Å². The molecule has 5 rings (SSSR count). The summed E-state index contributed by atoms with van der Waals surface area (Å²) in [6.07, 6.45) is 2.80. The van der Waals surface area contributed by atoms with Crippen molar-refractivity contribution >= 4 is 44.5 Å². The van der Waals surface area contributed by atoms with E-state index in [0.29, 0.717) is 60.9 Å². The first-order valence-electron chi connectivity index (χ1n) is 13.6. The van der Waals surface area contributed by atoms with Crippen molar-refractivity contribution in [3.63, 3.8) is 0 Å². The van der Waals surface area contributed by atoms with Gasteiger partial charge in [0.05, 0.1) is 37.6 Å². The number of amides is 2. The highest BCUT2D eigenvalue weighted by Gasteiger charge is 2.61. The number of oxazole rings is 1. The van der Waals surface area contributed by atoms with Crippen LogP contribution < -0.4 is 21.5 Å². The van der Waals surface area contributed by atoms with Gasteiger partial charge in [-0.15, -0.1) is 0 Å². The van der Waals surface area contributed by atoms with Crippen LogP contribution in [-0.4, -0.2) is 71.0 Å². The molecule has 2 amide bonds. The Kier molecular flexibility index (Phi) is 8.87. The minimum absolute atomic E-state index is 0.0861. The van der Waals surface area contributed by atoms with E-state index in [1.54, 1.807) is 25.3 Å². The van der Waals surface area contributed by atoms with Crippen LogP contribution in [-0.2, 0) is 34.6 Å². The Balaban J connectivity index is 1.12. The Morgan fingerprint density at radius 3 is 2.53 bits per heavy atom. The lowest BCUT2D eigenvalue weighted by Gasteiger charge is -2.51. The number of methoxy groups -OCH3 is 1. The van der Waals surface area contributed by atoms with Crippen molar-refractivity contribution in [1.29, 1.82) is 0 Å². The van der Waals surface area contributed by atoms with Gasteiger partial charge in [-0.2, -0.15) is 8.42 Å². The molecule has 2 saturated carbocycles. The van der Waals surface area contributed by atoms with E-state index < -0.39 is 44.7 Å². The van der Waals surface area contributed by atoms with Crippen LogP contribution in [0.25, 0.3) is 11.1 Å². The molecule has 1 atom stereocenters. The molecule has 234 valence electrons. The van der Waals surface area contributed by atoms with Crippen LogP contribution in [0.3, 0.4) is 0 Å². The van der Waals surface area contributed by atoms with Crippen molar-refractivity contribution in [3.05, 3.63) is 47.0 Å². The number of fused-ring (bicyclic) bond motifs is 1. The number of ether oxygens (including phenoxy) is 3. The molecule has 2 aromatic heterocycles. The number of nitrogens with one attached hydrogen (secondary N) is 2. The summed E-state index contributed by atoms with van der Waals surface area (Å²) < 4.78 is 53.3. The van der Waals surface area contributed by atoms with Gasteiger partial charge >= 0.3 is 0 Å². The summed E-state index contributed by atoms with van der Waals surface area (Å²) >= 11 is 6.06. The number of carbonyl (C=O) groups excluding carboxylic acids is 2. The predicted molar refractivity (Wildman–Crippen MR) is 152 cm³/mol. The summed E-state index contributed by atoms with van der Waals surface area (Å²) in [7, 11) is -2.83. The Labute approximate surface area is 252 Å². The first kappa shape index (κ1) is 31.4. The first-order valence-corrected chi connectivity index (χ1v) is 15.5. The maximum absolute atomic E-state index is 13.0. The molecule has 1 spiro atoms. The normalized spacial score (nSPS) is 25.2. The van der Waals surface area contributed by atoms with Crippen LogP contribution >= 0.6 is 11.6 Å². The molecule has 2 aliphatic carbocycles. The summed E-state index contributed by atoms with van der Waals surface area (Å²) in [5.41, 5.74) is 12.4. The third kappa shape index (κ3) is 7.03. The summed E-state index contributed by atoms with van der Waals surface area (Å²) in [6, 6.07) is 7.47. The Bertz CT molecular complexity index is 1600. The van der Waals surface area contributed by atoms with Gasteiger partial charge in [-0.25, -0.2) is 9.71 Å². The van der Waals surface area contributed by atoms with Crippen molar-refractivity contribution in [1.82, 2.24) is 15.0 Å². The maximum atomic E-state index is 13.0. The first-order chi connectivity index (χ1) is 20.3. The Morgan fingerprint density at radius 1 is 1.02 bits per heavy atom. The van der Waals surface area contributed by atoms with E-state index in [0.717, 1.165) is 12.5 Å². The van der Waals surface area contributed by atoms with Crippen molar-refractivity contribution in [2.45, 2.75) is 48.4 Å². The number of sulfonamides is 1. The summed E-state index contributed by atoms with van der Waals surface area (Å²) in [6.45, 7) is 0.576. The van der Waals surface area contributed by atoms with E-state index in [-0.39, 0.29) is 24.4 Å². The second-order valence-corrected chi connectivity index (χ2v) is 13.3. The van der Waals surface area contributed by atoms with Gasteiger partial charge < -0.3 is 39.8 Å². The van der Waals surface area contributed by atoms with E-state index >= 15 is 0 Å². The van der Waals surface area contributed by atoms with Crippen LogP contribution in [0.15, 0.2) is 44.3 Å². The summed E-state index contributed by atoms with van der Waals surface area (Å²) in [5, 5.41) is 2.73. The van der Waals surface area contributed by atoms with Gasteiger partial charge in [-0.1, -0.05) is 11.6 Å². The third-order valence-corrected chi connectivity index (χ3v) is 9.15. The molecule has 0 saturated heterocycles. The van der Waals surface area contributed by atoms with Gasteiger partial charge in [0.25, 0.3) is 21.8 Å². The molecule has 0 aliphatic heterocycles. The fourth-order valence-electron chi connectivity index (χ4n) is 5.92. The van der Waals surface area contributed by atoms with E-state index in [2.05, 4.69) is 10.3 Å². The van der Waals surface area contributed by atoms with Crippen molar-refractivity contribution < 1.29 is 41.1 Å². The molecule has 16 heteroatoms. The average molecular weight is 640 g/mol. The molecule has 2 heterocycles. The number of carbonyl (C=O) groups is 2. The lowest BCUT2D eigenvalue weighted by Crippen LogP contribution is -2.59. The Morgan fingerprint density at radius 2 is 1.77 bits per heavy atom. The minimum atomic E-state index is -4.38. The lowest BCUT2D eigenvalue weighted by molar-refractivity contribution is -0.124. The number of hydrogen-bond donors (Lipinski definition) is 4. The second kappa shape index (κ2) is 12.1. The van der Waals surface area contributed by atoms with Gasteiger partial charge in [-0.05, 0) is 67.9 Å². The van der Waals surface area contributed by atoms with E-state index in [4.69, 9.17) is 46.1 Å². The van der Waals surface area contributed by atoms with Crippen LogP contribution in [0.1, 0.15) is 48.5 Å². The molecule has 2 aliphatic rings. The molecule has 0 bridgehead atoms. The standard InChI is InChI=1S/C27H34ClN5O9S/c1-38-8-9-39-10-11-40-13-21(34)33-43(36,37)22-5-4-20(41-22)23(35)32-27(30)7-6-25(16-27)14-26(29,15-25)24-31-18-12-17(28)2-3-19(18)42-24/h2-5,12H,6-11,13-16,29-30H2,1H3,(H,32,35)(H,33,34)/t25-,26+,27-/m0/s1. The van der Waals surface area contributed by atoms with Crippen LogP contribution in [0, 0.1) is 5.41 Å². The number of nitrogens with zero attached hydrogens (tertiary/aromatic N) is 1. The van der Waals surface area contributed by atoms with E-state index in [1.165, 1.54) is 6.07 Å². The predicted octanol–water partition coefficient (Wildman–Crippen LogP) is 1.76. The summed E-state index contributed by atoms with van der Waals surface area (Å²) in [5.74, 6) is -1.42. The minimum Gasteiger partial charge on any atom is -0.439 e. The highest BCUT2D eigenvalue weighted by atomic mass is 35.5. The molecule has 3 aromatic rings. The van der Waals surface area contributed by atoms with Crippen LogP contribution in [0.4, 0.5) is 0 Å². The second-order valence-electron chi connectivity index (χ2n) is 11.2. The number of rotatable bonds is 13. The molecule has 43 heavy (non-hydrogen) atoms. The number of halogens is 1. The lowest BCUT2D eigenvalue weighted by atomic mass is 9.56. The topological polar surface area (TPSA) is 211 Å². The van der Waals surface area contributed by atoms with E-state index in [9.17, 15) is 18.0 Å². The monoisotopic (exact) mass is 639 g/mol. The molecular formula is C27H34ClN5O9S. The van der Waals surface area contributed by atoms with Gasteiger partial charge in [0.15, 0.2) is 11.3 Å². The van der Waals surface area contributed by atoms with Gasteiger partial charge in [0, 0.05) is 12.1 Å². The van der Waals surface area contributed by atoms with Crippen molar-refractivity contribution in [2.75, 3.05) is 40.1 Å². The average Bonchev–Trinajstić information content (AvgIpc) is 3.65. The molecule has 6 N–H and O–H groups in total. The number of furan rings is 1. The summed E-state index contributed by atoms with van der Waals surface area (Å²) in [4.78, 5) is 29.5. The quantitative estimate of drug-likeness (QED) is 0.156. The SMILES string of the molecule is COCCOCCOCC(=O)NS(=O)(=O)c1ccc(C(=O)N[C@@]2(N)CC[C@]3(C2)C[C@](N)(c2nc4cc(Cl)ccc4o2)C3)o1. The number of hydrogen-bond acceptors (Lipinski definition) is 12. The molecule has 0 radical (unpaired) electrons. The molecule has 2 fully saturated rings. The van der Waals surface area contributed by atoms with Crippen molar-refractivity contribution in [3.8, 4) is 0 Å². The zero-order valence-corrected chi connectivity index (χ0v) is 25.1. The fourth-order valence-corrected chi connectivity index (χ4v) is 7.00. The van der Waals surface area contributed by atoms with Crippen molar-refractivity contribution in [2.24, 2.45) is 16.9 Å². The zero-order valence-electron chi connectivity index (χ0n) is 23.5. The molecule has 0 unspecified atom stereocenters. The van der Waals surface area contributed by atoms with Gasteiger partial charge in [-0.3, -0.25) is 9.59 Å². The third-order valence-electron chi connectivity index (χ3n) is 7.67. The number of benzene rings is 1. The van der Waals surface area contributed by atoms with Crippen LogP contribution in [0.5, 0.6) is 0 Å². The maximum Gasteiger partial charge on any atom is 0.297 e. The molecule has 1 aromatic carbocycles. The smallest absolute Gasteiger partial charge is 0.297 e. The molecule has 14 nitrogen and oxygen atoms in total. The number of aromatic nitrogens is 1. The van der Waals surface area contributed by atoms with Gasteiger partial charge in [0.2, 0.25) is 11.0 Å². The number of nitrogens with two attached hydrogens (primary N) is 2. The van der Waals surface area contributed by atoms with Gasteiger partial charge in [0.1, 0.15) is 12.1 Å².